The Morgan fingerprint density at radius 2 is 1.60 bits per heavy atom. The zero-order chi connectivity index (χ0) is 25.4. The zero-order valence-electron chi connectivity index (χ0n) is 18.8. The second kappa shape index (κ2) is 10.5. The summed E-state index contributed by atoms with van der Waals surface area (Å²) in [6.07, 6.45) is -14.7. The smallest absolute Gasteiger partial charge is 0.229 e. The summed E-state index contributed by atoms with van der Waals surface area (Å²) in [6.45, 7) is 0.441. The average Bonchev–Trinajstić information content (AvgIpc) is 2.85. The molecule has 0 spiro atoms. The molecule has 8 N–H and O–H groups in total. The summed E-state index contributed by atoms with van der Waals surface area (Å²) in [4.78, 5) is 0. The maximum absolute atomic E-state index is 10.8. The summed E-state index contributed by atoms with van der Waals surface area (Å²) < 4.78 is 22.7. The number of phenols is 1. The van der Waals surface area contributed by atoms with Crippen molar-refractivity contribution in [2.24, 2.45) is 0 Å². The van der Waals surface area contributed by atoms with Crippen molar-refractivity contribution < 1.29 is 59.8 Å². The summed E-state index contributed by atoms with van der Waals surface area (Å²) in [5, 5.41) is 82.1. The molecule has 4 rings (SSSR count). The number of aliphatic hydroxyl groups is 7. The molecule has 0 amide bonds. The lowest BCUT2D eigenvalue weighted by Gasteiger charge is -2.45. The molecule has 12 heteroatoms. The Kier molecular flexibility index (Phi) is 7.78. The van der Waals surface area contributed by atoms with Crippen LogP contribution in [0.2, 0.25) is 0 Å². The number of rotatable bonds is 6. The molecule has 0 aromatic heterocycles. The van der Waals surface area contributed by atoms with Gasteiger partial charge < -0.3 is 59.8 Å². The first-order chi connectivity index (χ1) is 16.7. The van der Waals surface area contributed by atoms with Crippen LogP contribution in [0.25, 0.3) is 10.8 Å². The minimum Gasteiger partial charge on any atom is -0.507 e. The van der Waals surface area contributed by atoms with Crippen molar-refractivity contribution in [2.45, 2.75) is 74.9 Å². The minimum atomic E-state index is -1.70. The van der Waals surface area contributed by atoms with Gasteiger partial charge in [-0.15, -0.1) is 0 Å². The van der Waals surface area contributed by atoms with E-state index in [-0.39, 0.29) is 23.5 Å². The highest BCUT2D eigenvalue weighted by Crippen LogP contribution is 2.37. The van der Waals surface area contributed by atoms with Gasteiger partial charge in [-0.25, -0.2) is 0 Å². The van der Waals surface area contributed by atoms with Crippen LogP contribution in [0.4, 0.5) is 0 Å². The lowest BCUT2D eigenvalue weighted by molar-refractivity contribution is -0.354. The van der Waals surface area contributed by atoms with E-state index in [1.807, 2.05) is 0 Å². The van der Waals surface area contributed by atoms with Gasteiger partial charge in [0.1, 0.15) is 48.1 Å². The van der Waals surface area contributed by atoms with Crippen molar-refractivity contribution >= 4 is 10.8 Å². The van der Waals surface area contributed by atoms with Crippen LogP contribution < -0.4 is 4.74 Å². The van der Waals surface area contributed by atoms with E-state index in [1.165, 1.54) is 19.1 Å². The van der Waals surface area contributed by atoms with E-state index >= 15 is 0 Å². The molecule has 2 aliphatic heterocycles. The molecular formula is C23H30O12. The summed E-state index contributed by atoms with van der Waals surface area (Å²) >= 11 is 0. The largest absolute Gasteiger partial charge is 0.507 e. The van der Waals surface area contributed by atoms with Crippen LogP contribution in [0.3, 0.4) is 0 Å². The van der Waals surface area contributed by atoms with Crippen LogP contribution in [-0.4, -0.2) is 109 Å². The van der Waals surface area contributed by atoms with Crippen molar-refractivity contribution in [1.29, 1.82) is 0 Å². The van der Waals surface area contributed by atoms with Gasteiger partial charge in [-0.1, -0.05) is 12.1 Å². The SMILES string of the molecule is C[C@H]1O[C@@H](O[C@H]2[C@H](Oc3cc(CO)cc4cccc(O)c34)O[C@H](CO)[C@@H](O)[C@@H]2O)[C@@H](O)[C@@H](O)[C@@H]1O. The highest BCUT2D eigenvalue weighted by Gasteiger charge is 2.51. The van der Waals surface area contributed by atoms with Gasteiger partial charge >= 0.3 is 0 Å². The molecule has 2 aromatic rings. The van der Waals surface area contributed by atoms with Crippen molar-refractivity contribution in [2.75, 3.05) is 6.61 Å². The van der Waals surface area contributed by atoms with Gasteiger partial charge in [-0.05, 0) is 36.1 Å². The minimum absolute atomic E-state index is 0.0532. The van der Waals surface area contributed by atoms with Crippen LogP contribution in [-0.2, 0) is 20.8 Å². The van der Waals surface area contributed by atoms with Crippen LogP contribution in [0.1, 0.15) is 12.5 Å². The fraction of sp³-hybridized carbons (Fsp3) is 0.565. The van der Waals surface area contributed by atoms with Crippen molar-refractivity contribution in [3.8, 4) is 11.5 Å². The van der Waals surface area contributed by atoms with Gasteiger partial charge in [-0.3, -0.25) is 0 Å². The number of phenolic OH excluding ortho intramolecular Hbond substituents is 1. The number of fused-ring (bicyclic) bond motifs is 1. The molecule has 0 bridgehead atoms. The van der Waals surface area contributed by atoms with Gasteiger partial charge in [0.05, 0.1) is 24.7 Å². The molecule has 2 saturated heterocycles. The number of ether oxygens (including phenoxy) is 4. The van der Waals surface area contributed by atoms with Crippen LogP contribution >= 0.6 is 0 Å². The zero-order valence-corrected chi connectivity index (χ0v) is 18.8. The summed E-state index contributed by atoms with van der Waals surface area (Å²) in [6, 6.07) is 7.82. The molecule has 2 aliphatic rings. The van der Waals surface area contributed by atoms with E-state index in [4.69, 9.17) is 18.9 Å². The number of benzene rings is 2. The summed E-state index contributed by atoms with van der Waals surface area (Å²) in [7, 11) is 0. The second-order valence-corrected chi connectivity index (χ2v) is 8.73. The van der Waals surface area contributed by atoms with E-state index in [9.17, 15) is 40.9 Å². The predicted molar refractivity (Wildman–Crippen MR) is 117 cm³/mol. The molecule has 2 fully saturated rings. The maximum atomic E-state index is 10.8. The quantitative estimate of drug-likeness (QED) is 0.220. The molecule has 10 atom stereocenters. The van der Waals surface area contributed by atoms with Crippen LogP contribution in [0, 0.1) is 0 Å². The van der Waals surface area contributed by atoms with Gasteiger partial charge in [0.25, 0.3) is 0 Å². The Balaban J connectivity index is 1.68. The lowest BCUT2D eigenvalue weighted by Crippen LogP contribution is -2.64. The first kappa shape index (κ1) is 26.0. The third-order valence-electron chi connectivity index (χ3n) is 6.33. The summed E-state index contributed by atoms with van der Waals surface area (Å²) in [5.41, 5.74) is 0.447. The fourth-order valence-electron chi connectivity index (χ4n) is 4.31. The molecular weight excluding hydrogens is 468 g/mol. The van der Waals surface area contributed by atoms with E-state index in [0.29, 0.717) is 10.9 Å². The first-order valence-electron chi connectivity index (χ1n) is 11.2. The Labute approximate surface area is 200 Å². The molecule has 0 radical (unpaired) electrons. The van der Waals surface area contributed by atoms with Gasteiger partial charge in [0, 0.05) is 0 Å². The third-order valence-corrected chi connectivity index (χ3v) is 6.33. The molecule has 0 saturated carbocycles. The Bertz CT molecular complexity index is 1020. The van der Waals surface area contributed by atoms with Gasteiger partial charge in [0.15, 0.2) is 12.4 Å². The van der Waals surface area contributed by atoms with Crippen LogP contribution in [0.15, 0.2) is 30.3 Å². The van der Waals surface area contributed by atoms with Gasteiger partial charge in [-0.2, -0.15) is 0 Å². The van der Waals surface area contributed by atoms with Crippen LogP contribution in [0.5, 0.6) is 11.5 Å². The predicted octanol–water partition coefficient (Wildman–Crippen LogP) is -1.93. The van der Waals surface area contributed by atoms with E-state index in [2.05, 4.69) is 0 Å². The number of aromatic hydroxyl groups is 1. The lowest BCUT2D eigenvalue weighted by atomic mass is 9.97. The molecule has 35 heavy (non-hydrogen) atoms. The Hall–Kier alpha value is -2.10. The highest BCUT2D eigenvalue weighted by atomic mass is 16.8. The van der Waals surface area contributed by atoms with E-state index in [1.54, 1.807) is 18.2 Å². The molecule has 0 aliphatic carbocycles. The maximum Gasteiger partial charge on any atom is 0.229 e. The monoisotopic (exact) mass is 498 g/mol. The molecule has 0 unspecified atom stereocenters. The topological polar surface area (TPSA) is 199 Å². The number of aliphatic hydroxyl groups excluding tert-OH is 7. The summed E-state index contributed by atoms with van der Waals surface area (Å²) in [5.74, 6) is -0.0796. The number of hydrogen-bond donors (Lipinski definition) is 8. The Morgan fingerprint density at radius 1 is 0.857 bits per heavy atom. The molecule has 2 heterocycles. The molecule has 2 aromatic carbocycles. The fourth-order valence-corrected chi connectivity index (χ4v) is 4.31. The first-order valence-corrected chi connectivity index (χ1v) is 11.2. The third kappa shape index (κ3) is 4.95. The highest BCUT2D eigenvalue weighted by molar-refractivity contribution is 5.94. The number of hydrogen-bond acceptors (Lipinski definition) is 12. The van der Waals surface area contributed by atoms with E-state index < -0.39 is 68.0 Å². The van der Waals surface area contributed by atoms with Gasteiger partial charge in [0.2, 0.25) is 6.29 Å². The molecule has 194 valence electrons. The van der Waals surface area contributed by atoms with Crippen molar-refractivity contribution in [3.63, 3.8) is 0 Å². The van der Waals surface area contributed by atoms with Crippen molar-refractivity contribution in [3.05, 3.63) is 35.9 Å². The van der Waals surface area contributed by atoms with Crippen molar-refractivity contribution in [1.82, 2.24) is 0 Å². The van der Waals surface area contributed by atoms with E-state index in [0.717, 1.165) is 0 Å². The standard InChI is InChI=1S/C23H30O12/c1-9-16(27)18(29)20(31)22(32-9)35-21-19(30)17(28)14(8-25)34-23(21)33-13-6-10(7-24)5-11-3-2-4-12(26)15(11)13/h2-6,9,14,16-31H,7-8H2,1H3/t9-,14-,16-,17-,18+,19+,20+,21-,22+,23-/m1/s1. The second-order valence-electron chi connectivity index (χ2n) is 8.73. The normalized spacial score (nSPS) is 37.9. The molecule has 12 nitrogen and oxygen atoms in total. The average molecular weight is 498 g/mol. The Morgan fingerprint density at radius 3 is 2.29 bits per heavy atom.